The van der Waals surface area contributed by atoms with Crippen LogP contribution >= 0.6 is 0 Å². The lowest BCUT2D eigenvalue weighted by molar-refractivity contribution is -0.131. The number of hydrogen-bond donors (Lipinski definition) is 0. The van der Waals surface area contributed by atoms with Gasteiger partial charge in [0.15, 0.2) is 0 Å². The van der Waals surface area contributed by atoms with Crippen molar-refractivity contribution in [2.45, 2.75) is 25.3 Å². The topological polar surface area (TPSA) is 23.6 Å². The molecule has 0 radical (unpaired) electrons. The largest absolute Gasteiger partial charge is 0.329 e. The zero-order valence-electron chi connectivity index (χ0n) is 12.6. The van der Waals surface area contributed by atoms with E-state index in [-0.39, 0.29) is 5.91 Å². The van der Waals surface area contributed by atoms with Gasteiger partial charge in [0, 0.05) is 30.6 Å². The maximum atomic E-state index is 12.4. The Balaban J connectivity index is 1.71. The van der Waals surface area contributed by atoms with Crippen molar-refractivity contribution in [1.29, 1.82) is 0 Å². The molecule has 3 nitrogen and oxygen atoms in total. The first-order valence-electron chi connectivity index (χ1n) is 7.80. The highest BCUT2D eigenvalue weighted by molar-refractivity contribution is 5.94. The Hall–Kier alpha value is -1.79. The van der Waals surface area contributed by atoms with Crippen LogP contribution in [-0.4, -0.2) is 48.4 Å². The lowest BCUT2D eigenvalue weighted by Gasteiger charge is -2.45. The van der Waals surface area contributed by atoms with Crippen molar-refractivity contribution in [2.24, 2.45) is 5.92 Å². The van der Waals surface area contributed by atoms with Gasteiger partial charge in [-0.2, -0.15) is 0 Å². The van der Waals surface area contributed by atoms with Crippen LogP contribution in [0.1, 0.15) is 24.8 Å². The molecule has 21 heavy (non-hydrogen) atoms. The highest BCUT2D eigenvalue weighted by Gasteiger charge is 2.36. The monoisotopic (exact) mass is 282 g/mol. The number of nitrogens with zero attached hydrogens (tertiary/aromatic N) is 2. The first-order chi connectivity index (χ1) is 10.2. The summed E-state index contributed by atoms with van der Waals surface area (Å²) in [7, 11) is 2.17. The van der Waals surface area contributed by atoms with E-state index < -0.39 is 0 Å². The highest BCUT2D eigenvalue weighted by atomic mass is 16.2. The number of carbonyl (C=O) groups is 1. The molecule has 110 valence electrons. The van der Waals surface area contributed by atoms with Gasteiger partial charge in [-0.25, -0.2) is 0 Å². The van der Waals surface area contributed by atoms with Gasteiger partial charge in [-0.15, -0.1) is 0 Å². The van der Waals surface area contributed by atoms with E-state index >= 15 is 0 Å². The van der Waals surface area contributed by atoms with E-state index in [1.165, 1.54) is 6.42 Å². The number of carbonyl (C=O) groups excluding carboxylic acids is 1. The molecular weight excluding hydrogens is 260 g/mol. The fourth-order valence-electron chi connectivity index (χ4n) is 3.56. The van der Waals surface area contributed by atoms with Crippen molar-refractivity contribution < 1.29 is 4.79 Å². The molecule has 0 bridgehead atoms. The molecule has 1 aromatic carbocycles. The Morgan fingerprint density at radius 1 is 1.19 bits per heavy atom. The molecule has 1 amide bonds. The van der Waals surface area contributed by atoms with Gasteiger partial charge < -0.3 is 9.80 Å². The maximum absolute atomic E-state index is 12.4. The summed E-state index contributed by atoms with van der Waals surface area (Å²) in [6.07, 6.45) is 3.43. The molecule has 0 N–H and O–H groups in total. The third-order valence-corrected chi connectivity index (χ3v) is 4.62. The van der Waals surface area contributed by atoms with Gasteiger partial charge in [-0.3, -0.25) is 4.79 Å². The van der Waals surface area contributed by atoms with Gasteiger partial charge in [0.25, 0.3) is 5.91 Å². The number of piperidine rings is 2. The first-order valence-corrected chi connectivity index (χ1v) is 7.80. The predicted molar refractivity (Wildman–Crippen MR) is 83.7 cm³/mol. The molecule has 0 saturated carbocycles. The molecule has 0 unspecified atom stereocenters. The maximum Gasteiger partial charge on any atom is 0.299 e. The number of rotatable bonds is 0. The van der Waals surface area contributed by atoms with Crippen molar-refractivity contribution in [1.82, 2.24) is 9.80 Å². The van der Waals surface area contributed by atoms with Gasteiger partial charge in [0.1, 0.15) is 0 Å². The summed E-state index contributed by atoms with van der Waals surface area (Å²) in [6.45, 7) is 3.06. The second-order valence-corrected chi connectivity index (χ2v) is 6.14. The molecule has 0 spiro atoms. The molecule has 2 fully saturated rings. The summed E-state index contributed by atoms with van der Waals surface area (Å²) in [5.41, 5.74) is 0.905. The van der Waals surface area contributed by atoms with Gasteiger partial charge in [0.05, 0.1) is 0 Å². The molecular formula is C18H22N2O. The third kappa shape index (κ3) is 3.28. The van der Waals surface area contributed by atoms with Crippen LogP contribution in [0.5, 0.6) is 0 Å². The normalized spacial score (nSPS) is 25.7. The van der Waals surface area contributed by atoms with Gasteiger partial charge >= 0.3 is 0 Å². The van der Waals surface area contributed by atoms with Crippen LogP contribution < -0.4 is 0 Å². The summed E-state index contributed by atoms with van der Waals surface area (Å²) in [6, 6.07) is 10.1. The predicted octanol–water partition coefficient (Wildman–Crippen LogP) is 1.98. The van der Waals surface area contributed by atoms with Crippen molar-refractivity contribution in [3.8, 4) is 11.8 Å². The summed E-state index contributed by atoms with van der Waals surface area (Å²) in [5, 5.41) is 0. The van der Waals surface area contributed by atoms with Crippen LogP contribution in [0.3, 0.4) is 0 Å². The Labute approximate surface area is 126 Å². The average Bonchev–Trinajstić information content (AvgIpc) is 2.52. The van der Waals surface area contributed by atoms with Crippen LogP contribution in [-0.2, 0) is 4.79 Å². The lowest BCUT2D eigenvalue weighted by atomic mass is 9.84. The zero-order chi connectivity index (χ0) is 14.7. The lowest BCUT2D eigenvalue weighted by Crippen LogP contribution is -2.54. The fourth-order valence-corrected chi connectivity index (χ4v) is 3.56. The summed E-state index contributed by atoms with van der Waals surface area (Å²) < 4.78 is 0. The molecule has 0 aliphatic carbocycles. The van der Waals surface area contributed by atoms with Crippen LogP contribution in [0.4, 0.5) is 0 Å². The Bertz CT molecular complexity index is 558. The highest BCUT2D eigenvalue weighted by Crippen LogP contribution is 2.29. The van der Waals surface area contributed by atoms with E-state index in [2.05, 4.69) is 23.8 Å². The second-order valence-electron chi connectivity index (χ2n) is 6.14. The first kappa shape index (κ1) is 14.2. The average molecular weight is 282 g/mol. The molecule has 0 aromatic heterocycles. The molecule has 2 aliphatic heterocycles. The smallest absolute Gasteiger partial charge is 0.299 e. The minimum absolute atomic E-state index is 0.00175. The number of amides is 1. The summed E-state index contributed by atoms with van der Waals surface area (Å²) in [4.78, 5) is 16.9. The zero-order valence-corrected chi connectivity index (χ0v) is 12.6. The minimum atomic E-state index is -0.00175. The third-order valence-electron chi connectivity index (χ3n) is 4.62. The molecule has 2 saturated heterocycles. The molecule has 2 aliphatic rings. The van der Waals surface area contributed by atoms with E-state index in [1.54, 1.807) is 0 Å². The SMILES string of the molecule is CN1CC[C@H]2[C@H](CCCN2C(=O)C#Cc2ccccc2)C1. The molecule has 2 heterocycles. The molecule has 2 atom stereocenters. The number of hydrogen-bond acceptors (Lipinski definition) is 2. The van der Waals surface area contributed by atoms with E-state index in [1.807, 2.05) is 35.2 Å². The van der Waals surface area contributed by atoms with Crippen LogP contribution in [0, 0.1) is 17.8 Å². The minimum Gasteiger partial charge on any atom is -0.329 e. The molecule has 1 aromatic rings. The van der Waals surface area contributed by atoms with Crippen LogP contribution in [0.2, 0.25) is 0 Å². The van der Waals surface area contributed by atoms with E-state index in [0.29, 0.717) is 12.0 Å². The standard InChI is InChI=1S/C18H22N2O/c1-19-13-11-17-16(14-19)8-5-12-20(17)18(21)10-9-15-6-3-2-4-7-15/h2-4,6-7,16-17H,5,8,11-14H2,1H3/t16-,17+/m1/s1. The van der Waals surface area contributed by atoms with Crippen molar-refractivity contribution in [3.05, 3.63) is 35.9 Å². The van der Waals surface area contributed by atoms with E-state index in [9.17, 15) is 4.79 Å². The Kier molecular flexibility index (Phi) is 4.26. The molecule has 3 rings (SSSR count). The van der Waals surface area contributed by atoms with Crippen molar-refractivity contribution in [3.63, 3.8) is 0 Å². The number of benzene rings is 1. The van der Waals surface area contributed by atoms with Crippen molar-refractivity contribution >= 4 is 5.91 Å². The van der Waals surface area contributed by atoms with E-state index in [0.717, 1.165) is 38.0 Å². The number of likely N-dealkylation sites (tertiary alicyclic amines) is 2. The van der Waals surface area contributed by atoms with E-state index in [4.69, 9.17) is 0 Å². The van der Waals surface area contributed by atoms with Crippen LogP contribution in [0.15, 0.2) is 30.3 Å². The van der Waals surface area contributed by atoms with Gasteiger partial charge in [0.2, 0.25) is 0 Å². The Morgan fingerprint density at radius 3 is 2.81 bits per heavy atom. The van der Waals surface area contributed by atoms with Gasteiger partial charge in [-0.05, 0) is 50.9 Å². The molecule has 3 heteroatoms. The van der Waals surface area contributed by atoms with Crippen molar-refractivity contribution in [2.75, 3.05) is 26.7 Å². The fraction of sp³-hybridized carbons (Fsp3) is 0.500. The van der Waals surface area contributed by atoms with Crippen LogP contribution in [0.25, 0.3) is 0 Å². The quantitative estimate of drug-likeness (QED) is 0.679. The summed E-state index contributed by atoms with van der Waals surface area (Å²) in [5.74, 6) is 6.45. The Morgan fingerprint density at radius 2 is 2.00 bits per heavy atom. The summed E-state index contributed by atoms with van der Waals surface area (Å²) >= 11 is 0. The van der Waals surface area contributed by atoms with Gasteiger partial charge in [-0.1, -0.05) is 24.1 Å². The number of fused-ring (bicyclic) bond motifs is 1. The second kappa shape index (κ2) is 6.32.